The van der Waals surface area contributed by atoms with Crippen LogP contribution in [0.3, 0.4) is 0 Å². The lowest BCUT2D eigenvalue weighted by molar-refractivity contribution is -0.164. The molecule has 4 fully saturated rings. The van der Waals surface area contributed by atoms with Gasteiger partial charge in [-0.1, -0.05) is 33.6 Å². The van der Waals surface area contributed by atoms with Crippen LogP contribution in [-0.4, -0.2) is 22.3 Å². The van der Waals surface area contributed by atoms with E-state index in [1.807, 2.05) is 0 Å². The molecule has 0 heterocycles. The third-order valence-corrected chi connectivity index (χ3v) is 10.2. The molecule has 0 bridgehead atoms. The molecule has 3 heteroatoms. The smallest absolute Gasteiger partial charge is 0.303 e. The van der Waals surface area contributed by atoms with Crippen molar-refractivity contribution in [1.29, 1.82) is 0 Å². The molecule has 3 nitrogen and oxygen atoms in total. The topological polar surface area (TPSA) is 57.5 Å². The molecule has 0 aliphatic heterocycles. The van der Waals surface area contributed by atoms with Gasteiger partial charge in [0.25, 0.3) is 0 Å². The van der Waals surface area contributed by atoms with E-state index in [1.54, 1.807) is 0 Å². The maximum absolute atomic E-state index is 11.2. The van der Waals surface area contributed by atoms with Gasteiger partial charge >= 0.3 is 5.97 Å². The van der Waals surface area contributed by atoms with Gasteiger partial charge in [-0.25, -0.2) is 0 Å². The van der Waals surface area contributed by atoms with Crippen molar-refractivity contribution in [1.82, 2.24) is 0 Å². The summed E-state index contributed by atoms with van der Waals surface area (Å²) in [4.78, 5) is 11.0. The second-order valence-electron chi connectivity index (χ2n) is 11.2. The molecule has 4 saturated carbocycles. The Labute approximate surface area is 165 Å². The van der Waals surface area contributed by atoms with Crippen molar-refractivity contribution in [2.75, 3.05) is 0 Å². The third-order valence-electron chi connectivity index (χ3n) is 10.2. The number of aliphatic carboxylic acids is 1. The van der Waals surface area contributed by atoms with E-state index in [1.165, 1.54) is 51.4 Å². The van der Waals surface area contributed by atoms with E-state index in [4.69, 9.17) is 5.11 Å². The molecular formula is C24H40O3. The monoisotopic (exact) mass is 376 g/mol. The van der Waals surface area contributed by atoms with E-state index in [2.05, 4.69) is 20.8 Å². The average molecular weight is 377 g/mol. The van der Waals surface area contributed by atoms with Crippen molar-refractivity contribution in [3.63, 3.8) is 0 Å². The van der Waals surface area contributed by atoms with Crippen molar-refractivity contribution < 1.29 is 15.0 Å². The van der Waals surface area contributed by atoms with Gasteiger partial charge in [-0.2, -0.15) is 0 Å². The molecule has 0 spiro atoms. The fraction of sp³-hybridized carbons (Fsp3) is 0.958. The van der Waals surface area contributed by atoms with Gasteiger partial charge in [0.1, 0.15) is 0 Å². The fourth-order valence-electron chi connectivity index (χ4n) is 8.78. The molecule has 2 N–H and O–H groups in total. The molecule has 0 radical (unpaired) electrons. The van der Waals surface area contributed by atoms with Crippen LogP contribution in [0, 0.1) is 46.3 Å². The summed E-state index contributed by atoms with van der Waals surface area (Å²) in [6.07, 6.45) is 12.5. The standard InChI is InChI=1S/C24H40O3/c1-15(7-10-21(26)27)17-8-9-18-22-19(11-13-24(17,18)3)23(2)12-5-4-6-16(23)14-20(22)25/h15-20,22,25H,4-14H2,1-3H3,(H,26,27)/t15-,16-,17+,18+,19+,20+,22+,23-,24+/m0/s1. The fourth-order valence-corrected chi connectivity index (χ4v) is 8.78. The van der Waals surface area contributed by atoms with Crippen LogP contribution in [-0.2, 0) is 4.79 Å². The van der Waals surface area contributed by atoms with Gasteiger partial charge in [0.05, 0.1) is 6.10 Å². The predicted molar refractivity (Wildman–Crippen MR) is 107 cm³/mol. The Balaban J connectivity index is 1.56. The zero-order valence-corrected chi connectivity index (χ0v) is 17.6. The highest BCUT2D eigenvalue weighted by Crippen LogP contribution is 2.68. The number of carboxylic acid groups (broad SMARTS) is 1. The van der Waals surface area contributed by atoms with Gasteiger partial charge in [0.15, 0.2) is 0 Å². The highest BCUT2D eigenvalue weighted by atomic mass is 16.4. The largest absolute Gasteiger partial charge is 0.481 e. The minimum absolute atomic E-state index is 0.108. The summed E-state index contributed by atoms with van der Waals surface area (Å²) in [6.45, 7) is 7.33. The van der Waals surface area contributed by atoms with Gasteiger partial charge < -0.3 is 10.2 Å². The van der Waals surface area contributed by atoms with Gasteiger partial charge in [-0.05, 0) is 97.7 Å². The number of aliphatic hydroxyl groups excluding tert-OH is 1. The highest BCUT2D eigenvalue weighted by molar-refractivity contribution is 5.66. The summed E-state index contributed by atoms with van der Waals surface area (Å²) in [5.41, 5.74) is 0.758. The van der Waals surface area contributed by atoms with Crippen LogP contribution < -0.4 is 0 Å². The molecule has 0 aromatic heterocycles. The van der Waals surface area contributed by atoms with E-state index in [9.17, 15) is 9.90 Å². The van der Waals surface area contributed by atoms with Gasteiger partial charge in [0.2, 0.25) is 0 Å². The third kappa shape index (κ3) is 3.07. The number of carbonyl (C=O) groups is 1. The Hall–Kier alpha value is -0.570. The van der Waals surface area contributed by atoms with Crippen molar-refractivity contribution in [3.8, 4) is 0 Å². The van der Waals surface area contributed by atoms with Crippen LogP contribution in [0.5, 0.6) is 0 Å². The average Bonchev–Trinajstić information content (AvgIpc) is 2.97. The summed E-state index contributed by atoms with van der Waals surface area (Å²) in [7, 11) is 0. The first-order valence-corrected chi connectivity index (χ1v) is 11.7. The number of rotatable bonds is 4. The maximum Gasteiger partial charge on any atom is 0.303 e. The van der Waals surface area contributed by atoms with Crippen molar-refractivity contribution in [2.24, 2.45) is 46.3 Å². The molecule has 4 aliphatic carbocycles. The summed E-state index contributed by atoms with van der Waals surface area (Å²) < 4.78 is 0. The lowest BCUT2D eigenvalue weighted by Gasteiger charge is -2.62. The maximum atomic E-state index is 11.2. The van der Waals surface area contributed by atoms with Crippen LogP contribution in [0.25, 0.3) is 0 Å². The van der Waals surface area contributed by atoms with E-state index in [-0.39, 0.29) is 6.10 Å². The molecular weight excluding hydrogens is 336 g/mol. The summed E-state index contributed by atoms with van der Waals surface area (Å²) >= 11 is 0. The Morgan fingerprint density at radius 3 is 2.52 bits per heavy atom. The van der Waals surface area contributed by atoms with Gasteiger partial charge in [0, 0.05) is 6.42 Å². The lowest BCUT2D eigenvalue weighted by Crippen LogP contribution is -2.57. The number of hydrogen-bond donors (Lipinski definition) is 2. The van der Waals surface area contributed by atoms with Crippen molar-refractivity contribution in [3.05, 3.63) is 0 Å². The highest BCUT2D eigenvalue weighted by Gasteiger charge is 2.62. The van der Waals surface area contributed by atoms with Crippen LogP contribution in [0.1, 0.15) is 91.4 Å². The number of hydrogen-bond acceptors (Lipinski definition) is 2. The zero-order valence-electron chi connectivity index (χ0n) is 17.6. The molecule has 4 rings (SSSR count). The molecule has 27 heavy (non-hydrogen) atoms. The first-order valence-electron chi connectivity index (χ1n) is 11.7. The first kappa shape index (κ1) is 19.7. The summed E-state index contributed by atoms with van der Waals surface area (Å²) in [6, 6.07) is 0. The predicted octanol–water partition coefficient (Wildman–Crippen LogP) is 5.51. The second-order valence-corrected chi connectivity index (χ2v) is 11.2. The molecule has 4 aliphatic rings. The number of carboxylic acids is 1. The van der Waals surface area contributed by atoms with Crippen LogP contribution in [0.2, 0.25) is 0 Å². The second kappa shape index (κ2) is 7.04. The Kier molecular flexibility index (Phi) is 5.15. The van der Waals surface area contributed by atoms with E-state index in [0.29, 0.717) is 46.8 Å². The van der Waals surface area contributed by atoms with Crippen molar-refractivity contribution in [2.45, 2.75) is 97.5 Å². The molecule has 0 amide bonds. The normalized spacial score (nSPS) is 50.4. The van der Waals surface area contributed by atoms with Crippen LogP contribution in [0.15, 0.2) is 0 Å². The van der Waals surface area contributed by atoms with Crippen molar-refractivity contribution >= 4 is 5.97 Å². The van der Waals surface area contributed by atoms with Gasteiger partial charge in [-0.15, -0.1) is 0 Å². The van der Waals surface area contributed by atoms with E-state index < -0.39 is 5.97 Å². The quantitative estimate of drug-likeness (QED) is 0.680. The Morgan fingerprint density at radius 1 is 1.04 bits per heavy atom. The molecule has 0 aromatic carbocycles. The Morgan fingerprint density at radius 2 is 1.78 bits per heavy atom. The summed E-state index contributed by atoms with van der Waals surface area (Å²) in [5.74, 6) is 3.02. The first-order chi connectivity index (χ1) is 12.8. The SMILES string of the molecule is C[C@@H](CCC(=O)O)[C@H]1CC[C@@H]2[C@H]3[C@H](O)C[C@@H]4CCCC[C@]4(C)[C@@H]3CC[C@@]21C. The van der Waals surface area contributed by atoms with E-state index in [0.717, 1.165) is 18.8 Å². The number of aliphatic hydroxyl groups is 1. The van der Waals surface area contributed by atoms with Gasteiger partial charge in [-0.3, -0.25) is 4.79 Å². The summed E-state index contributed by atoms with van der Waals surface area (Å²) in [5, 5.41) is 20.3. The zero-order chi connectivity index (χ0) is 19.4. The Bertz CT molecular complexity index is 574. The molecule has 0 aromatic rings. The molecule has 9 atom stereocenters. The minimum Gasteiger partial charge on any atom is -0.481 e. The molecule has 0 unspecified atom stereocenters. The van der Waals surface area contributed by atoms with Crippen LogP contribution in [0.4, 0.5) is 0 Å². The van der Waals surface area contributed by atoms with Crippen LogP contribution >= 0.6 is 0 Å². The lowest BCUT2D eigenvalue weighted by atomic mass is 9.44. The number of fused-ring (bicyclic) bond motifs is 5. The van der Waals surface area contributed by atoms with E-state index >= 15 is 0 Å². The molecule has 154 valence electrons. The minimum atomic E-state index is -0.663. The molecule has 0 saturated heterocycles.